The van der Waals surface area contributed by atoms with Gasteiger partial charge in [0.15, 0.2) is 0 Å². The molecule has 0 heterocycles. The molecule has 0 bridgehead atoms. The number of ether oxygens (including phenoxy) is 1. The van der Waals surface area contributed by atoms with Gasteiger partial charge >= 0.3 is 0 Å². The van der Waals surface area contributed by atoms with Crippen molar-refractivity contribution in [3.63, 3.8) is 0 Å². The second-order valence-corrected chi connectivity index (χ2v) is 4.21. The summed E-state index contributed by atoms with van der Waals surface area (Å²) in [6.07, 6.45) is 1.83. The number of nitrogens with one attached hydrogen (secondary N) is 1. The van der Waals surface area contributed by atoms with Gasteiger partial charge in [-0.1, -0.05) is 19.1 Å². The predicted molar refractivity (Wildman–Crippen MR) is 70.6 cm³/mol. The fraction of sp³-hybridized carbons (Fsp3) is 0.500. The molecule has 0 fully saturated rings. The predicted octanol–water partition coefficient (Wildman–Crippen LogP) is 1.51. The topological polar surface area (TPSA) is 58.6 Å². The van der Waals surface area contributed by atoms with E-state index >= 15 is 0 Å². The van der Waals surface area contributed by atoms with Crippen LogP contribution in [-0.4, -0.2) is 30.8 Å². The molecular formula is C14H21NO3. The highest BCUT2D eigenvalue weighted by atomic mass is 16.5. The van der Waals surface area contributed by atoms with Gasteiger partial charge in [-0.15, -0.1) is 0 Å². The van der Waals surface area contributed by atoms with Crippen LogP contribution in [0.15, 0.2) is 24.3 Å². The molecule has 0 aliphatic heterocycles. The first-order valence-electron chi connectivity index (χ1n) is 6.22. The second kappa shape index (κ2) is 7.71. The molecule has 1 aromatic rings. The van der Waals surface area contributed by atoms with Crippen molar-refractivity contribution in [2.45, 2.75) is 32.2 Å². The molecular weight excluding hydrogens is 230 g/mol. The first-order valence-corrected chi connectivity index (χ1v) is 6.22. The number of rotatable bonds is 7. The maximum atomic E-state index is 11.6. The van der Waals surface area contributed by atoms with E-state index in [-0.39, 0.29) is 18.6 Å². The van der Waals surface area contributed by atoms with Crippen LogP contribution in [0.3, 0.4) is 0 Å². The number of carbonyl (C=O) groups excluding carboxylic acids is 1. The summed E-state index contributed by atoms with van der Waals surface area (Å²) in [4.78, 5) is 11.6. The van der Waals surface area contributed by atoms with Crippen molar-refractivity contribution in [1.29, 1.82) is 0 Å². The van der Waals surface area contributed by atoms with Crippen LogP contribution in [0.25, 0.3) is 0 Å². The zero-order chi connectivity index (χ0) is 13.4. The number of hydrogen-bond donors (Lipinski definition) is 2. The molecule has 0 spiro atoms. The van der Waals surface area contributed by atoms with Crippen molar-refractivity contribution in [1.82, 2.24) is 5.32 Å². The van der Waals surface area contributed by atoms with Crippen LogP contribution in [0, 0.1) is 0 Å². The Balaban J connectivity index is 2.42. The third-order valence-electron chi connectivity index (χ3n) is 2.85. The molecule has 100 valence electrons. The Morgan fingerprint density at radius 2 is 2.28 bits per heavy atom. The molecule has 1 rings (SSSR count). The smallest absolute Gasteiger partial charge is 0.220 e. The molecule has 0 aliphatic rings. The quantitative estimate of drug-likeness (QED) is 0.772. The van der Waals surface area contributed by atoms with Crippen molar-refractivity contribution >= 4 is 5.91 Å². The van der Waals surface area contributed by atoms with Crippen molar-refractivity contribution < 1.29 is 14.6 Å². The van der Waals surface area contributed by atoms with E-state index in [0.717, 1.165) is 17.7 Å². The molecule has 4 nitrogen and oxygen atoms in total. The molecule has 0 saturated carbocycles. The Labute approximate surface area is 108 Å². The van der Waals surface area contributed by atoms with Gasteiger partial charge in [-0.2, -0.15) is 0 Å². The molecule has 18 heavy (non-hydrogen) atoms. The summed E-state index contributed by atoms with van der Waals surface area (Å²) in [6.45, 7) is 1.92. The van der Waals surface area contributed by atoms with Crippen molar-refractivity contribution in [2.24, 2.45) is 0 Å². The van der Waals surface area contributed by atoms with Crippen LogP contribution >= 0.6 is 0 Å². The monoisotopic (exact) mass is 251 g/mol. The molecule has 0 unspecified atom stereocenters. The minimum absolute atomic E-state index is 0.0125. The van der Waals surface area contributed by atoms with Gasteiger partial charge in [0.25, 0.3) is 0 Å². The van der Waals surface area contributed by atoms with Gasteiger partial charge in [0, 0.05) is 6.42 Å². The van der Waals surface area contributed by atoms with E-state index < -0.39 is 0 Å². The molecule has 1 amide bonds. The summed E-state index contributed by atoms with van der Waals surface area (Å²) in [5.74, 6) is 0.772. The van der Waals surface area contributed by atoms with E-state index in [1.165, 1.54) is 0 Å². The number of amides is 1. The standard InChI is InChI=1S/C14H21NO3/c1-3-12(10-16)15-14(17)8-7-11-5-4-6-13(9-11)18-2/h4-6,9,12,16H,3,7-8,10H2,1-2H3,(H,15,17)/t12-/m0/s1. The van der Waals surface area contributed by atoms with E-state index in [4.69, 9.17) is 9.84 Å². The molecule has 2 N–H and O–H groups in total. The zero-order valence-electron chi connectivity index (χ0n) is 11.0. The molecule has 1 aromatic carbocycles. The van der Waals surface area contributed by atoms with E-state index in [9.17, 15) is 4.79 Å². The number of methoxy groups -OCH3 is 1. The maximum Gasteiger partial charge on any atom is 0.220 e. The fourth-order valence-electron chi connectivity index (χ4n) is 1.66. The van der Waals surface area contributed by atoms with Crippen LogP contribution in [0.1, 0.15) is 25.3 Å². The van der Waals surface area contributed by atoms with Gasteiger partial charge in [0.05, 0.1) is 19.8 Å². The first-order chi connectivity index (χ1) is 8.69. The number of hydrogen-bond acceptors (Lipinski definition) is 3. The lowest BCUT2D eigenvalue weighted by molar-refractivity contribution is -0.122. The SMILES string of the molecule is CC[C@@H](CO)NC(=O)CCc1cccc(OC)c1. The molecule has 0 aliphatic carbocycles. The van der Waals surface area contributed by atoms with Crippen LogP contribution < -0.4 is 10.1 Å². The number of aryl methyl sites for hydroxylation is 1. The zero-order valence-corrected chi connectivity index (χ0v) is 11.0. The Morgan fingerprint density at radius 3 is 2.89 bits per heavy atom. The van der Waals surface area contributed by atoms with Gasteiger partial charge < -0.3 is 15.2 Å². The highest BCUT2D eigenvalue weighted by Gasteiger charge is 2.09. The van der Waals surface area contributed by atoms with Gasteiger partial charge in [-0.25, -0.2) is 0 Å². The average molecular weight is 251 g/mol. The van der Waals surface area contributed by atoms with E-state index in [2.05, 4.69) is 5.32 Å². The van der Waals surface area contributed by atoms with Gasteiger partial charge in [-0.05, 0) is 30.5 Å². The summed E-state index contributed by atoms with van der Waals surface area (Å²) in [6, 6.07) is 7.55. The average Bonchev–Trinajstić information content (AvgIpc) is 2.42. The lowest BCUT2D eigenvalue weighted by Crippen LogP contribution is -2.37. The van der Waals surface area contributed by atoms with Crippen LogP contribution in [0.2, 0.25) is 0 Å². The Hall–Kier alpha value is -1.55. The molecule has 4 heteroatoms. The van der Waals surface area contributed by atoms with Gasteiger partial charge in [0.2, 0.25) is 5.91 Å². The Kier molecular flexibility index (Phi) is 6.22. The van der Waals surface area contributed by atoms with Crippen molar-refractivity contribution in [3.8, 4) is 5.75 Å². The molecule has 0 radical (unpaired) electrons. The lowest BCUT2D eigenvalue weighted by atomic mass is 10.1. The van der Waals surface area contributed by atoms with E-state index in [1.807, 2.05) is 31.2 Å². The first kappa shape index (κ1) is 14.5. The Morgan fingerprint density at radius 1 is 1.50 bits per heavy atom. The van der Waals surface area contributed by atoms with Gasteiger partial charge in [0.1, 0.15) is 5.75 Å². The normalized spacial score (nSPS) is 11.9. The summed E-state index contributed by atoms with van der Waals surface area (Å²) >= 11 is 0. The largest absolute Gasteiger partial charge is 0.497 e. The third-order valence-corrected chi connectivity index (χ3v) is 2.85. The van der Waals surface area contributed by atoms with Crippen molar-refractivity contribution in [3.05, 3.63) is 29.8 Å². The van der Waals surface area contributed by atoms with Crippen LogP contribution in [0.4, 0.5) is 0 Å². The number of benzene rings is 1. The highest BCUT2D eigenvalue weighted by Crippen LogP contribution is 2.13. The summed E-state index contributed by atoms with van der Waals surface area (Å²) in [5, 5.41) is 11.8. The Bertz CT molecular complexity index is 375. The lowest BCUT2D eigenvalue weighted by Gasteiger charge is -2.13. The highest BCUT2D eigenvalue weighted by molar-refractivity contribution is 5.76. The van der Waals surface area contributed by atoms with Gasteiger partial charge in [-0.3, -0.25) is 4.79 Å². The minimum atomic E-state index is -0.136. The summed E-state index contributed by atoms with van der Waals surface area (Å²) in [7, 11) is 1.62. The summed E-state index contributed by atoms with van der Waals surface area (Å²) in [5.41, 5.74) is 1.07. The maximum absolute atomic E-state index is 11.6. The number of aliphatic hydroxyl groups excluding tert-OH is 1. The van der Waals surface area contributed by atoms with E-state index in [1.54, 1.807) is 7.11 Å². The number of aliphatic hydroxyl groups is 1. The molecule has 0 saturated heterocycles. The number of carbonyl (C=O) groups is 1. The van der Waals surface area contributed by atoms with Crippen LogP contribution in [-0.2, 0) is 11.2 Å². The molecule has 0 aromatic heterocycles. The van der Waals surface area contributed by atoms with E-state index in [0.29, 0.717) is 12.8 Å². The fourth-order valence-corrected chi connectivity index (χ4v) is 1.66. The van der Waals surface area contributed by atoms with Crippen molar-refractivity contribution in [2.75, 3.05) is 13.7 Å². The minimum Gasteiger partial charge on any atom is -0.497 e. The second-order valence-electron chi connectivity index (χ2n) is 4.21. The van der Waals surface area contributed by atoms with Crippen LogP contribution in [0.5, 0.6) is 5.75 Å². The molecule has 1 atom stereocenters. The summed E-state index contributed by atoms with van der Waals surface area (Å²) < 4.78 is 5.13. The third kappa shape index (κ3) is 4.75.